The summed E-state index contributed by atoms with van der Waals surface area (Å²) in [5.41, 5.74) is -1.70. The predicted molar refractivity (Wildman–Crippen MR) is 164 cm³/mol. The normalized spacial score (nSPS) is 23.3. The molecule has 0 aromatic heterocycles. The maximum atomic E-state index is 13.9. The lowest BCUT2D eigenvalue weighted by molar-refractivity contribution is -0.142. The average Bonchev–Trinajstić information content (AvgIpc) is 3.87. The number of sulfonamides is 1. The van der Waals surface area contributed by atoms with Crippen LogP contribution < -0.4 is 26.0 Å². The number of nitrogens with zero attached hydrogens (tertiary/aromatic N) is 1. The summed E-state index contributed by atoms with van der Waals surface area (Å²) in [4.78, 5) is 65.9. The number of ketones is 1. The van der Waals surface area contributed by atoms with Crippen LogP contribution in [0.4, 0.5) is 4.79 Å². The van der Waals surface area contributed by atoms with Crippen LogP contribution >= 0.6 is 0 Å². The number of rotatable bonds is 13. The highest BCUT2D eigenvalue weighted by Crippen LogP contribution is 2.34. The van der Waals surface area contributed by atoms with Gasteiger partial charge in [-0.1, -0.05) is 40.0 Å². The average molecular weight is 639 g/mol. The molecule has 3 aliphatic carbocycles. The van der Waals surface area contributed by atoms with Crippen LogP contribution in [-0.2, 0) is 29.2 Å². The lowest BCUT2D eigenvalue weighted by atomic mass is 9.83. The third-order valence-corrected chi connectivity index (χ3v) is 10.8. The maximum absolute atomic E-state index is 13.9. The van der Waals surface area contributed by atoms with Crippen molar-refractivity contribution in [2.45, 2.75) is 128 Å². The fraction of sp³-hybridized carbons (Fsp3) is 0.833. The Balaban J connectivity index is 1.39. The van der Waals surface area contributed by atoms with E-state index >= 15 is 0 Å². The molecule has 0 aromatic carbocycles. The molecule has 13 nitrogen and oxygen atoms in total. The summed E-state index contributed by atoms with van der Waals surface area (Å²) in [6.45, 7) is 7.14. The van der Waals surface area contributed by atoms with Gasteiger partial charge in [0.15, 0.2) is 0 Å². The number of nitrogens with one attached hydrogen (secondary N) is 5. The van der Waals surface area contributed by atoms with E-state index in [1.807, 2.05) is 27.7 Å². The van der Waals surface area contributed by atoms with Crippen LogP contribution in [0, 0.1) is 11.3 Å². The van der Waals surface area contributed by atoms with Crippen molar-refractivity contribution >= 4 is 39.6 Å². The van der Waals surface area contributed by atoms with Crippen LogP contribution in [-0.4, -0.2) is 91.4 Å². The summed E-state index contributed by atoms with van der Waals surface area (Å²) < 4.78 is 29.1. The molecule has 0 unspecified atom stereocenters. The van der Waals surface area contributed by atoms with Crippen molar-refractivity contribution in [3.05, 3.63) is 0 Å². The minimum absolute atomic E-state index is 0.0224. The fourth-order valence-corrected chi connectivity index (χ4v) is 8.23. The predicted octanol–water partition coefficient (Wildman–Crippen LogP) is 1.08. The summed E-state index contributed by atoms with van der Waals surface area (Å²) in [7, 11) is -3.67. The van der Waals surface area contributed by atoms with E-state index in [1.54, 1.807) is 0 Å². The summed E-state index contributed by atoms with van der Waals surface area (Å²) in [5, 5.41) is 10.9. The van der Waals surface area contributed by atoms with E-state index in [-0.39, 0.29) is 17.8 Å². The smallest absolute Gasteiger partial charge is 0.315 e. The standard InChI is InChI=1S/C30H50N6O7S/c1-19(20-10-11-20)35-44(42,43)18-30(14-6-5-7-15-30)34-28(41)33-24(29(2,3)4)27(40)36-16-8-9-22(36)25(38)31-17-23(37)26(39)32-21-12-13-21/h19-22,24,35H,5-18H2,1-4H3,(H,31,38)(H,32,39)(H2,33,34,41)/t19-,22-,24+/m0/s1. The van der Waals surface area contributed by atoms with Crippen molar-refractivity contribution in [3.63, 3.8) is 0 Å². The molecule has 0 aromatic rings. The molecule has 14 heteroatoms. The molecule has 1 aliphatic heterocycles. The molecule has 0 radical (unpaired) electrons. The van der Waals surface area contributed by atoms with E-state index in [9.17, 15) is 32.4 Å². The van der Waals surface area contributed by atoms with E-state index in [0.717, 1.165) is 44.9 Å². The second-order valence-electron chi connectivity index (χ2n) is 14.3. The molecule has 0 spiro atoms. The number of hydrogen-bond donors (Lipinski definition) is 5. The van der Waals surface area contributed by atoms with Gasteiger partial charge in [0.2, 0.25) is 27.6 Å². The molecule has 1 saturated heterocycles. The summed E-state index contributed by atoms with van der Waals surface area (Å²) in [6, 6.07) is -2.61. The minimum atomic E-state index is -3.67. The zero-order valence-electron chi connectivity index (χ0n) is 26.5. The van der Waals surface area contributed by atoms with E-state index in [0.29, 0.717) is 38.1 Å². The maximum Gasteiger partial charge on any atom is 0.315 e. The van der Waals surface area contributed by atoms with Crippen molar-refractivity contribution in [1.29, 1.82) is 0 Å². The molecule has 3 atom stereocenters. The molecule has 5 amide bonds. The van der Waals surface area contributed by atoms with E-state index < -0.39 is 69.1 Å². The zero-order valence-corrected chi connectivity index (χ0v) is 27.3. The lowest BCUT2D eigenvalue weighted by Crippen LogP contribution is -2.63. The van der Waals surface area contributed by atoms with Gasteiger partial charge < -0.3 is 26.2 Å². The topological polar surface area (TPSA) is 183 Å². The van der Waals surface area contributed by atoms with Gasteiger partial charge in [-0.2, -0.15) is 0 Å². The fourth-order valence-electron chi connectivity index (χ4n) is 6.30. The Kier molecular flexibility index (Phi) is 10.6. The van der Waals surface area contributed by atoms with E-state index in [1.165, 1.54) is 4.90 Å². The Morgan fingerprint density at radius 3 is 2.18 bits per heavy atom. The van der Waals surface area contributed by atoms with Gasteiger partial charge in [0.1, 0.15) is 12.1 Å². The molecule has 3 saturated carbocycles. The first kappa shape index (κ1) is 34.1. The van der Waals surface area contributed by atoms with Crippen molar-refractivity contribution in [2.75, 3.05) is 18.8 Å². The summed E-state index contributed by atoms with van der Waals surface area (Å²) in [6.07, 6.45) is 8.18. The molecule has 44 heavy (non-hydrogen) atoms. The number of Topliss-reactive ketones (excluding diaryl/α,β-unsaturated/α-hetero) is 1. The van der Waals surface area contributed by atoms with Gasteiger partial charge in [-0.05, 0) is 69.6 Å². The molecular weight excluding hydrogens is 588 g/mol. The van der Waals surface area contributed by atoms with Gasteiger partial charge in [-0.3, -0.25) is 19.2 Å². The van der Waals surface area contributed by atoms with Crippen molar-refractivity contribution in [2.24, 2.45) is 11.3 Å². The van der Waals surface area contributed by atoms with Gasteiger partial charge >= 0.3 is 6.03 Å². The molecular formula is C30H50N6O7S. The van der Waals surface area contributed by atoms with Gasteiger partial charge in [0.05, 0.1) is 17.8 Å². The highest BCUT2D eigenvalue weighted by Gasteiger charge is 2.44. The first-order chi connectivity index (χ1) is 20.6. The van der Waals surface area contributed by atoms with Crippen molar-refractivity contribution in [3.8, 4) is 0 Å². The lowest BCUT2D eigenvalue weighted by Gasteiger charge is -2.40. The zero-order chi connectivity index (χ0) is 32.3. The number of carbonyl (C=O) groups excluding carboxylic acids is 5. The van der Waals surface area contributed by atoms with Crippen LogP contribution in [0.25, 0.3) is 0 Å². The molecule has 5 N–H and O–H groups in total. The van der Waals surface area contributed by atoms with Crippen molar-refractivity contribution < 1.29 is 32.4 Å². The van der Waals surface area contributed by atoms with Crippen LogP contribution in [0.5, 0.6) is 0 Å². The number of hydrogen-bond acceptors (Lipinski definition) is 7. The highest BCUT2D eigenvalue weighted by atomic mass is 32.2. The molecule has 0 bridgehead atoms. The van der Waals surface area contributed by atoms with Gasteiger partial charge in [0.25, 0.3) is 5.91 Å². The van der Waals surface area contributed by atoms with E-state index in [2.05, 4.69) is 26.0 Å². The van der Waals surface area contributed by atoms with Crippen molar-refractivity contribution in [1.82, 2.24) is 30.9 Å². The number of amides is 5. The Morgan fingerprint density at radius 2 is 1.59 bits per heavy atom. The second-order valence-corrected chi connectivity index (χ2v) is 16.1. The second kappa shape index (κ2) is 13.7. The SMILES string of the molecule is C[C@H](NS(=O)(=O)CC1(NC(=O)N[C@H](C(=O)N2CCC[C@H]2C(=O)NCC(=O)C(=O)NC2CC2)C(C)(C)C)CCCCC1)C1CC1. The van der Waals surface area contributed by atoms with Gasteiger partial charge in [-0.25, -0.2) is 17.9 Å². The first-order valence-electron chi connectivity index (χ1n) is 16.1. The number of likely N-dealkylation sites (tertiary alicyclic amines) is 1. The Morgan fingerprint density at radius 1 is 0.932 bits per heavy atom. The Bertz CT molecular complexity index is 1220. The monoisotopic (exact) mass is 638 g/mol. The quantitative estimate of drug-likeness (QED) is 0.187. The molecule has 248 valence electrons. The van der Waals surface area contributed by atoms with Gasteiger partial charge in [0, 0.05) is 18.6 Å². The van der Waals surface area contributed by atoms with Crippen LogP contribution in [0.2, 0.25) is 0 Å². The summed E-state index contributed by atoms with van der Waals surface area (Å²) >= 11 is 0. The summed E-state index contributed by atoms with van der Waals surface area (Å²) in [5.74, 6) is -2.32. The third kappa shape index (κ3) is 9.38. The number of urea groups is 1. The van der Waals surface area contributed by atoms with Gasteiger partial charge in [-0.15, -0.1) is 0 Å². The molecule has 4 rings (SSSR count). The molecule has 4 aliphatic rings. The molecule has 1 heterocycles. The van der Waals surface area contributed by atoms with E-state index in [4.69, 9.17) is 0 Å². The van der Waals surface area contributed by atoms with Crippen LogP contribution in [0.15, 0.2) is 0 Å². The van der Waals surface area contributed by atoms with Crippen LogP contribution in [0.3, 0.4) is 0 Å². The Hall–Kier alpha value is -2.74. The first-order valence-corrected chi connectivity index (χ1v) is 17.7. The minimum Gasteiger partial charge on any atom is -0.347 e. The third-order valence-electron chi connectivity index (χ3n) is 9.17. The van der Waals surface area contributed by atoms with Crippen LogP contribution in [0.1, 0.15) is 98.3 Å². The number of carbonyl (C=O) groups is 5. The largest absolute Gasteiger partial charge is 0.347 e. The highest BCUT2D eigenvalue weighted by molar-refractivity contribution is 7.89. The molecule has 4 fully saturated rings. The Labute approximate surface area is 260 Å².